The molecule has 96 valence electrons. The molecule has 0 aromatic carbocycles. The van der Waals surface area contributed by atoms with Crippen LogP contribution in [0.5, 0.6) is 0 Å². The van der Waals surface area contributed by atoms with E-state index in [1.54, 1.807) is 11.3 Å². The van der Waals surface area contributed by atoms with Crippen molar-refractivity contribution in [1.82, 2.24) is 0 Å². The number of unbranched alkanes of at least 4 members (excludes halogenated alkanes) is 5. The summed E-state index contributed by atoms with van der Waals surface area (Å²) in [5, 5.41) is 0. The maximum atomic E-state index is 12.0. The maximum absolute atomic E-state index is 12.0. The average Bonchev–Trinajstić information content (AvgIpc) is 2.62. The highest BCUT2D eigenvalue weighted by Crippen LogP contribution is 2.27. The van der Waals surface area contributed by atoms with E-state index < -0.39 is 0 Å². The van der Waals surface area contributed by atoms with Crippen LogP contribution in [0.1, 0.15) is 67.1 Å². The van der Waals surface area contributed by atoms with Gasteiger partial charge in [0, 0.05) is 16.9 Å². The van der Waals surface area contributed by atoms with E-state index in [4.69, 9.17) is 0 Å². The molecule has 0 aliphatic carbocycles. The molecular weight excluding hydrogens is 296 g/mol. The zero-order valence-corrected chi connectivity index (χ0v) is 13.1. The lowest BCUT2D eigenvalue weighted by Gasteiger charge is -2.01. The van der Waals surface area contributed by atoms with Crippen molar-refractivity contribution >= 4 is 33.0 Å². The molecule has 0 radical (unpaired) electrons. The van der Waals surface area contributed by atoms with Gasteiger partial charge in [-0.05, 0) is 35.3 Å². The lowest BCUT2D eigenvalue weighted by Crippen LogP contribution is -1.98. The fourth-order valence-corrected chi connectivity index (χ4v) is 3.63. The first-order chi connectivity index (χ1) is 8.15. The molecule has 1 nitrogen and oxygen atoms in total. The lowest BCUT2D eigenvalue weighted by molar-refractivity contribution is 0.0979. The zero-order valence-electron chi connectivity index (χ0n) is 10.7. The van der Waals surface area contributed by atoms with Crippen LogP contribution >= 0.6 is 27.3 Å². The van der Waals surface area contributed by atoms with Gasteiger partial charge in [-0.1, -0.05) is 39.0 Å². The first-order valence-corrected chi connectivity index (χ1v) is 8.05. The summed E-state index contributed by atoms with van der Waals surface area (Å²) < 4.78 is 1.06. The van der Waals surface area contributed by atoms with Gasteiger partial charge in [0.1, 0.15) is 0 Å². The minimum atomic E-state index is 0.306. The van der Waals surface area contributed by atoms with Crippen LogP contribution in [-0.2, 0) is 0 Å². The van der Waals surface area contributed by atoms with Crippen molar-refractivity contribution < 1.29 is 4.79 Å². The van der Waals surface area contributed by atoms with Gasteiger partial charge < -0.3 is 0 Å². The zero-order chi connectivity index (χ0) is 12.7. The van der Waals surface area contributed by atoms with Crippen molar-refractivity contribution in [1.29, 1.82) is 0 Å². The summed E-state index contributed by atoms with van der Waals surface area (Å²) in [6.07, 6.45) is 8.12. The molecule has 0 aliphatic heterocycles. The minimum absolute atomic E-state index is 0.306. The number of thiophene rings is 1. The van der Waals surface area contributed by atoms with E-state index in [2.05, 4.69) is 22.9 Å². The molecule has 0 aliphatic rings. The Morgan fingerprint density at radius 1 is 1.24 bits per heavy atom. The van der Waals surface area contributed by atoms with Crippen LogP contribution in [-0.4, -0.2) is 5.78 Å². The Morgan fingerprint density at radius 2 is 1.88 bits per heavy atom. The molecule has 3 heteroatoms. The highest BCUT2D eigenvalue weighted by Gasteiger charge is 2.11. The number of Topliss-reactive ketones (excluding diaryl/α,β-unsaturated/α-hetero) is 1. The van der Waals surface area contributed by atoms with Crippen molar-refractivity contribution in [2.75, 3.05) is 0 Å². The fourth-order valence-electron chi connectivity index (χ4n) is 1.92. The number of aryl methyl sites for hydroxylation is 1. The van der Waals surface area contributed by atoms with Gasteiger partial charge >= 0.3 is 0 Å². The number of halogens is 1. The lowest BCUT2D eigenvalue weighted by atomic mass is 10.0. The second-order valence-electron chi connectivity index (χ2n) is 4.46. The molecule has 0 saturated carbocycles. The van der Waals surface area contributed by atoms with Crippen molar-refractivity contribution in [3.8, 4) is 0 Å². The number of ketones is 1. The number of carbonyl (C=O) groups is 1. The van der Waals surface area contributed by atoms with E-state index in [0.717, 1.165) is 20.6 Å². The Balaban J connectivity index is 2.23. The molecular formula is C14H21BrOS. The van der Waals surface area contributed by atoms with Crippen molar-refractivity contribution in [2.45, 2.75) is 58.8 Å². The van der Waals surface area contributed by atoms with Crippen molar-refractivity contribution in [2.24, 2.45) is 0 Å². The van der Waals surface area contributed by atoms with Crippen LogP contribution in [0.25, 0.3) is 0 Å². The third-order valence-corrected chi connectivity index (χ3v) is 4.50. The Morgan fingerprint density at radius 3 is 2.47 bits per heavy atom. The second-order valence-corrected chi connectivity index (χ2v) is 7.10. The summed E-state index contributed by atoms with van der Waals surface area (Å²) in [6.45, 7) is 4.24. The molecule has 0 N–H and O–H groups in total. The monoisotopic (exact) mass is 316 g/mol. The number of hydrogen-bond acceptors (Lipinski definition) is 2. The Labute approximate surface area is 117 Å². The van der Waals surface area contributed by atoms with Crippen LogP contribution in [0.4, 0.5) is 0 Å². The Kier molecular flexibility index (Phi) is 7.05. The Bertz CT molecular complexity index is 357. The first kappa shape index (κ1) is 14.9. The molecule has 0 saturated heterocycles. The van der Waals surface area contributed by atoms with E-state index in [1.165, 1.54) is 32.1 Å². The van der Waals surface area contributed by atoms with E-state index in [0.29, 0.717) is 12.2 Å². The van der Waals surface area contributed by atoms with Crippen LogP contribution in [0, 0.1) is 6.92 Å². The molecule has 0 amide bonds. The predicted octanol–water partition coefficient (Wildman–Crippen LogP) is 5.75. The average molecular weight is 317 g/mol. The topological polar surface area (TPSA) is 17.1 Å². The SMILES string of the molecule is CCCCCCCCC(=O)c1cc(Br)sc1C. The molecule has 17 heavy (non-hydrogen) atoms. The molecule has 0 unspecified atom stereocenters. The third-order valence-electron chi connectivity index (χ3n) is 2.95. The van der Waals surface area contributed by atoms with Gasteiger partial charge in [-0.3, -0.25) is 4.79 Å². The third kappa shape index (κ3) is 5.35. The molecule has 1 heterocycles. The predicted molar refractivity (Wildman–Crippen MR) is 79.1 cm³/mol. The van der Waals surface area contributed by atoms with Gasteiger partial charge in [-0.25, -0.2) is 0 Å². The molecule has 0 atom stereocenters. The Hall–Kier alpha value is -0.150. The van der Waals surface area contributed by atoms with Crippen LogP contribution in [0.2, 0.25) is 0 Å². The summed E-state index contributed by atoms with van der Waals surface area (Å²) in [6, 6.07) is 1.96. The smallest absolute Gasteiger partial charge is 0.164 e. The van der Waals surface area contributed by atoms with Crippen molar-refractivity contribution in [3.05, 3.63) is 20.3 Å². The van der Waals surface area contributed by atoms with Crippen LogP contribution in [0.15, 0.2) is 9.85 Å². The number of rotatable bonds is 8. The van der Waals surface area contributed by atoms with Crippen LogP contribution < -0.4 is 0 Å². The summed E-state index contributed by atoms with van der Waals surface area (Å²) >= 11 is 5.07. The normalized spacial score (nSPS) is 10.8. The molecule has 1 aromatic rings. The summed E-state index contributed by atoms with van der Waals surface area (Å²) in [5.41, 5.74) is 0.912. The number of hydrogen-bond donors (Lipinski definition) is 0. The molecule has 0 fully saturated rings. The maximum Gasteiger partial charge on any atom is 0.164 e. The van der Waals surface area contributed by atoms with Gasteiger partial charge in [0.2, 0.25) is 0 Å². The van der Waals surface area contributed by atoms with Crippen molar-refractivity contribution in [3.63, 3.8) is 0 Å². The summed E-state index contributed by atoms with van der Waals surface area (Å²) in [4.78, 5) is 13.1. The van der Waals surface area contributed by atoms with E-state index in [9.17, 15) is 4.79 Å². The van der Waals surface area contributed by atoms with Crippen LogP contribution in [0.3, 0.4) is 0 Å². The quantitative estimate of drug-likeness (QED) is 0.440. The standard InChI is InChI=1S/C14H21BrOS/c1-3-4-5-6-7-8-9-13(16)12-10-14(15)17-11(12)2/h10H,3-9H2,1-2H3. The first-order valence-electron chi connectivity index (χ1n) is 6.44. The highest BCUT2D eigenvalue weighted by molar-refractivity contribution is 9.11. The summed E-state index contributed by atoms with van der Waals surface area (Å²) in [5.74, 6) is 0.306. The molecule has 1 aromatic heterocycles. The largest absolute Gasteiger partial charge is 0.294 e. The van der Waals surface area contributed by atoms with E-state index in [1.807, 2.05) is 13.0 Å². The fraction of sp³-hybridized carbons (Fsp3) is 0.643. The van der Waals surface area contributed by atoms with Gasteiger partial charge in [-0.15, -0.1) is 11.3 Å². The molecule has 0 bridgehead atoms. The van der Waals surface area contributed by atoms with Gasteiger partial charge in [0.15, 0.2) is 5.78 Å². The highest BCUT2D eigenvalue weighted by atomic mass is 79.9. The number of carbonyl (C=O) groups excluding carboxylic acids is 1. The summed E-state index contributed by atoms with van der Waals surface area (Å²) in [7, 11) is 0. The van der Waals surface area contributed by atoms with Gasteiger partial charge in [-0.2, -0.15) is 0 Å². The molecule has 1 rings (SSSR count). The van der Waals surface area contributed by atoms with E-state index in [-0.39, 0.29) is 0 Å². The second kappa shape index (κ2) is 8.04. The van der Waals surface area contributed by atoms with E-state index >= 15 is 0 Å². The minimum Gasteiger partial charge on any atom is -0.294 e. The van der Waals surface area contributed by atoms with Gasteiger partial charge in [0.25, 0.3) is 0 Å². The van der Waals surface area contributed by atoms with Gasteiger partial charge in [0.05, 0.1) is 3.79 Å². The molecule has 0 spiro atoms.